The van der Waals surface area contributed by atoms with E-state index in [9.17, 15) is 0 Å². The summed E-state index contributed by atoms with van der Waals surface area (Å²) in [5.74, 6) is 0.877. The monoisotopic (exact) mass is 171 g/mol. The van der Waals surface area contributed by atoms with Crippen LogP contribution in [0.1, 0.15) is 47.5 Å². The molecule has 12 heavy (non-hydrogen) atoms. The highest BCUT2D eigenvalue weighted by Crippen LogP contribution is 2.37. The second-order valence-corrected chi connectivity index (χ2v) is 3.60. The molecular weight excluding hydrogens is 146 g/mol. The van der Waals surface area contributed by atoms with Crippen LogP contribution in [0, 0.1) is 11.3 Å². The van der Waals surface area contributed by atoms with Gasteiger partial charge < -0.3 is 5.32 Å². The van der Waals surface area contributed by atoms with E-state index in [4.69, 9.17) is 0 Å². The normalized spacial score (nSPS) is 26.2. The van der Waals surface area contributed by atoms with Gasteiger partial charge in [0.1, 0.15) is 0 Å². The molecule has 0 aromatic rings. The molecule has 1 N–H and O–H groups in total. The van der Waals surface area contributed by atoms with E-state index in [0.29, 0.717) is 5.41 Å². The van der Waals surface area contributed by atoms with Crippen molar-refractivity contribution in [3.8, 4) is 0 Å². The van der Waals surface area contributed by atoms with Crippen molar-refractivity contribution >= 4 is 0 Å². The number of hydrogen-bond donors (Lipinski definition) is 1. The molecule has 1 saturated heterocycles. The fraction of sp³-hybridized carbons (Fsp3) is 1.00. The molecule has 0 aliphatic carbocycles. The van der Waals surface area contributed by atoms with Crippen molar-refractivity contribution in [1.82, 2.24) is 5.32 Å². The van der Waals surface area contributed by atoms with Gasteiger partial charge in [-0.3, -0.25) is 0 Å². The van der Waals surface area contributed by atoms with Gasteiger partial charge in [0.05, 0.1) is 0 Å². The Morgan fingerprint density at radius 2 is 1.75 bits per heavy atom. The molecule has 1 atom stereocenters. The molecule has 1 heteroatoms. The molecule has 0 aromatic heterocycles. The van der Waals surface area contributed by atoms with Crippen LogP contribution in [-0.4, -0.2) is 13.1 Å². The molecule has 1 unspecified atom stereocenters. The van der Waals surface area contributed by atoms with Crippen molar-refractivity contribution in [1.29, 1.82) is 0 Å². The zero-order valence-electron chi connectivity index (χ0n) is 9.41. The first kappa shape index (κ1) is 12.0. The van der Waals surface area contributed by atoms with Crippen molar-refractivity contribution in [3.05, 3.63) is 0 Å². The van der Waals surface area contributed by atoms with Gasteiger partial charge in [-0.1, -0.05) is 34.6 Å². The first-order valence-corrected chi connectivity index (χ1v) is 5.46. The van der Waals surface area contributed by atoms with Gasteiger partial charge in [0.25, 0.3) is 0 Å². The van der Waals surface area contributed by atoms with Crippen LogP contribution >= 0.6 is 0 Å². The van der Waals surface area contributed by atoms with Crippen LogP contribution in [0.4, 0.5) is 0 Å². The van der Waals surface area contributed by atoms with E-state index in [1.165, 1.54) is 25.9 Å². The van der Waals surface area contributed by atoms with Gasteiger partial charge in [-0.2, -0.15) is 0 Å². The zero-order valence-corrected chi connectivity index (χ0v) is 9.41. The molecule has 1 heterocycles. The molecule has 1 aliphatic rings. The zero-order chi connectivity index (χ0) is 9.61. The van der Waals surface area contributed by atoms with Gasteiger partial charge in [-0.25, -0.2) is 0 Å². The quantitative estimate of drug-likeness (QED) is 0.673. The molecule has 0 radical (unpaired) electrons. The Bertz CT molecular complexity index is 106. The minimum absolute atomic E-state index is 0.625. The summed E-state index contributed by atoms with van der Waals surface area (Å²) in [5, 5.41) is 3.46. The second-order valence-electron chi connectivity index (χ2n) is 3.60. The third-order valence-electron chi connectivity index (χ3n) is 3.38. The van der Waals surface area contributed by atoms with Crippen LogP contribution in [0.5, 0.6) is 0 Å². The van der Waals surface area contributed by atoms with Crippen molar-refractivity contribution < 1.29 is 0 Å². The van der Waals surface area contributed by atoms with E-state index in [0.717, 1.165) is 5.92 Å². The van der Waals surface area contributed by atoms with Crippen LogP contribution in [0.15, 0.2) is 0 Å². The minimum atomic E-state index is 0.625. The van der Waals surface area contributed by atoms with Crippen LogP contribution in [0.25, 0.3) is 0 Å². The van der Waals surface area contributed by atoms with Crippen LogP contribution in [-0.2, 0) is 0 Å². The summed E-state index contributed by atoms with van der Waals surface area (Å²) in [4.78, 5) is 0. The Hall–Kier alpha value is -0.0400. The molecule has 0 saturated carbocycles. The average Bonchev–Trinajstić information content (AvgIpc) is 2.51. The molecule has 1 fully saturated rings. The molecule has 74 valence electrons. The van der Waals surface area contributed by atoms with Gasteiger partial charge in [0, 0.05) is 6.54 Å². The van der Waals surface area contributed by atoms with Crippen LogP contribution < -0.4 is 5.32 Å². The van der Waals surface area contributed by atoms with Crippen LogP contribution in [0.2, 0.25) is 0 Å². The van der Waals surface area contributed by atoms with Crippen LogP contribution in [0.3, 0.4) is 0 Å². The lowest BCUT2D eigenvalue weighted by atomic mass is 9.75. The highest BCUT2D eigenvalue weighted by Gasteiger charge is 2.36. The molecule has 0 amide bonds. The predicted octanol–water partition coefficient (Wildman–Crippen LogP) is 3.06. The number of nitrogens with one attached hydrogen (secondary N) is 1. The Morgan fingerprint density at radius 1 is 1.25 bits per heavy atom. The molecular formula is C11H25N. The van der Waals surface area contributed by atoms with E-state index in [1.807, 2.05) is 13.8 Å². The summed E-state index contributed by atoms with van der Waals surface area (Å²) in [6.45, 7) is 13.5. The molecule has 0 spiro atoms. The lowest BCUT2D eigenvalue weighted by Crippen LogP contribution is -2.26. The maximum atomic E-state index is 3.46. The van der Waals surface area contributed by atoms with Gasteiger partial charge >= 0.3 is 0 Å². The lowest BCUT2D eigenvalue weighted by molar-refractivity contribution is 0.221. The maximum Gasteiger partial charge on any atom is 0.00108 e. The molecule has 1 nitrogen and oxygen atoms in total. The first-order chi connectivity index (χ1) is 5.75. The lowest BCUT2D eigenvalue weighted by Gasteiger charge is -2.30. The van der Waals surface area contributed by atoms with Gasteiger partial charge in [0.15, 0.2) is 0 Å². The highest BCUT2D eigenvalue weighted by molar-refractivity contribution is 4.90. The van der Waals surface area contributed by atoms with Crippen molar-refractivity contribution in [2.45, 2.75) is 47.5 Å². The highest BCUT2D eigenvalue weighted by atomic mass is 14.9. The SMILES string of the molecule is CC.CCC1(CC)CNCC1C. The minimum Gasteiger partial charge on any atom is -0.316 e. The summed E-state index contributed by atoms with van der Waals surface area (Å²) in [6.07, 6.45) is 2.66. The second kappa shape index (κ2) is 5.58. The molecule has 1 aliphatic heterocycles. The third-order valence-corrected chi connectivity index (χ3v) is 3.38. The maximum absolute atomic E-state index is 3.46. The van der Waals surface area contributed by atoms with Gasteiger partial charge in [-0.15, -0.1) is 0 Å². The van der Waals surface area contributed by atoms with E-state index in [1.54, 1.807) is 0 Å². The summed E-state index contributed by atoms with van der Waals surface area (Å²) >= 11 is 0. The van der Waals surface area contributed by atoms with E-state index in [-0.39, 0.29) is 0 Å². The Morgan fingerprint density at radius 3 is 1.92 bits per heavy atom. The van der Waals surface area contributed by atoms with E-state index in [2.05, 4.69) is 26.1 Å². The molecule has 0 bridgehead atoms. The summed E-state index contributed by atoms with van der Waals surface area (Å²) in [6, 6.07) is 0. The topological polar surface area (TPSA) is 12.0 Å². The Balaban J connectivity index is 0.000000561. The largest absolute Gasteiger partial charge is 0.316 e. The Labute approximate surface area is 77.9 Å². The van der Waals surface area contributed by atoms with E-state index >= 15 is 0 Å². The third kappa shape index (κ3) is 2.22. The molecule has 0 aromatic carbocycles. The van der Waals surface area contributed by atoms with Crippen molar-refractivity contribution in [2.24, 2.45) is 11.3 Å². The molecule has 1 rings (SSSR count). The van der Waals surface area contributed by atoms with Gasteiger partial charge in [0.2, 0.25) is 0 Å². The Kier molecular flexibility index (Phi) is 5.56. The summed E-state index contributed by atoms with van der Waals surface area (Å²) < 4.78 is 0. The van der Waals surface area contributed by atoms with Crippen molar-refractivity contribution in [2.75, 3.05) is 13.1 Å². The average molecular weight is 171 g/mol. The van der Waals surface area contributed by atoms with Crippen molar-refractivity contribution in [3.63, 3.8) is 0 Å². The number of hydrogen-bond acceptors (Lipinski definition) is 1. The first-order valence-electron chi connectivity index (χ1n) is 5.46. The number of rotatable bonds is 2. The van der Waals surface area contributed by atoms with E-state index < -0.39 is 0 Å². The summed E-state index contributed by atoms with van der Waals surface area (Å²) in [7, 11) is 0. The standard InChI is InChI=1S/C9H19N.C2H6/c1-4-9(5-2)7-10-6-8(9)3;1-2/h8,10H,4-7H2,1-3H3;1-2H3. The fourth-order valence-corrected chi connectivity index (χ4v) is 2.13. The smallest absolute Gasteiger partial charge is 0.00108 e. The predicted molar refractivity (Wildman–Crippen MR) is 56.4 cm³/mol. The fourth-order valence-electron chi connectivity index (χ4n) is 2.13. The van der Waals surface area contributed by atoms with Gasteiger partial charge in [-0.05, 0) is 30.7 Å². The summed E-state index contributed by atoms with van der Waals surface area (Å²) in [5.41, 5.74) is 0.625.